The Hall–Kier alpha value is -1.41. The molecule has 0 aliphatic heterocycles. The van der Waals surface area contributed by atoms with Crippen molar-refractivity contribution in [2.24, 2.45) is 0 Å². The average molecular weight is 293 g/mol. The first kappa shape index (κ1) is 15.0. The molecule has 2 aromatic rings. The molecule has 0 saturated heterocycles. The molecule has 0 saturated carbocycles. The van der Waals surface area contributed by atoms with E-state index in [1.54, 1.807) is 0 Å². The van der Waals surface area contributed by atoms with Gasteiger partial charge in [0.15, 0.2) is 0 Å². The molecule has 2 nitrogen and oxygen atoms in total. The van der Waals surface area contributed by atoms with Gasteiger partial charge in [-0.2, -0.15) is 0 Å². The molecule has 2 aromatic carbocycles. The van der Waals surface area contributed by atoms with Gasteiger partial charge in [-0.05, 0) is 61.2 Å². The molecule has 0 bridgehead atoms. The first-order valence-electron chi connectivity index (χ1n) is 7.19. The van der Waals surface area contributed by atoms with Crippen LogP contribution in [-0.4, -0.2) is 19.1 Å². The van der Waals surface area contributed by atoms with Gasteiger partial charge in [-0.15, -0.1) is 11.6 Å². The maximum Gasteiger partial charge on any atom is 0.119 e. The maximum atomic E-state index is 5.76. The molecule has 108 valence electrons. The predicted octanol–water partition coefficient (Wildman–Crippen LogP) is 5.03. The molecule has 0 fully saturated rings. The van der Waals surface area contributed by atoms with Gasteiger partial charge in [-0.3, -0.25) is 0 Å². The Bertz CT molecular complexity index is 540. The molecule has 0 atom stereocenters. The largest absolute Gasteiger partial charge is 0.494 e. The van der Waals surface area contributed by atoms with Crippen LogP contribution in [0.15, 0.2) is 36.4 Å². The summed E-state index contributed by atoms with van der Waals surface area (Å²) >= 11 is 5.65. The SMILES string of the molecule is CCOc1ccc2cc(OCCCCCCl)ccc2c1. The van der Waals surface area contributed by atoms with Gasteiger partial charge in [0.2, 0.25) is 0 Å². The molecular weight excluding hydrogens is 272 g/mol. The highest BCUT2D eigenvalue weighted by molar-refractivity contribution is 6.17. The van der Waals surface area contributed by atoms with Crippen molar-refractivity contribution in [1.82, 2.24) is 0 Å². The summed E-state index contributed by atoms with van der Waals surface area (Å²) < 4.78 is 11.3. The number of ether oxygens (including phenoxy) is 2. The predicted molar refractivity (Wildman–Crippen MR) is 85.2 cm³/mol. The lowest BCUT2D eigenvalue weighted by Gasteiger charge is -2.08. The zero-order valence-electron chi connectivity index (χ0n) is 11.9. The molecule has 0 aliphatic rings. The molecule has 0 heterocycles. The van der Waals surface area contributed by atoms with Crippen molar-refractivity contribution >= 4 is 22.4 Å². The molecule has 20 heavy (non-hydrogen) atoms. The van der Waals surface area contributed by atoms with Gasteiger partial charge >= 0.3 is 0 Å². The Morgan fingerprint density at radius 1 is 0.850 bits per heavy atom. The molecule has 0 aliphatic carbocycles. The van der Waals surface area contributed by atoms with E-state index in [1.165, 1.54) is 10.8 Å². The fourth-order valence-electron chi connectivity index (χ4n) is 2.11. The second kappa shape index (κ2) is 8.01. The van der Waals surface area contributed by atoms with E-state index in [4.69, 9.17) is 21.1 Å². The van der Waals surface area contributed by atoms with E-state index in [1.807, 2.05) is 19.1 Å². The van der Waals surface area contributed by atoms with Gasteiger partial charge in [-0.25, -0.2) is 0 Å². The fraction of sp³-hybridized carbons (Fsp3) is 0.412. The van der Waals surface area contributed by atoms with E-state index >= 15 is 0 Å². The zero-order valence-corrected chi connectivity index (χ0v) is 12.7. The van der Waals surface area contributed by atoms with Crippen molar-refractivity contribution in [2.75, 3.05) is 19.1 Å². The highest BCUT2D eigenvalue weighted by Gasteiger charge is 2.00. The Morgan fingerprint density at radius 3 is 2.10 bits per heavy atom. The minimum absolute atomic E-state index is 0.689. The number of hydrogen-bond donors (Lipinski definition) is 0. The summed E-state index contributed by atoms with van der Waals surface area (Å²) in [6.45, 7) is 3.43. The highest BCUT2D eigenvalue weighted by atomic mass is 35.5. The number of unbranched alkanes of at least 4 members (excludes halogenated alkanes) is 2. The van der Waals surface area contributed by atoms with Crippen LogP contribution in [0.4, 0.5) is 0 Å². The van der Waals surface area contributed by atoms with E-state index in [0.717, 1.165) is 43.2 Å². The van der Waals surface area contributed by atoms with Gasteiger partial charge in [0.05, 0.1) is 13.2 Å². The van der Waals surface area contributed by atoms with Gasteiger partial charge in [0.1, 0.15) is 11.5 Å². The van der Waals surface area contributed by atoms with Gasteiger partial charge < -0.3 is 9.47 Å². The Labute approximate surface area is 125 Å². The average Bonchev–Trinajstić information content (AvgIpc) is 2.47. The standard InChI is InChI=1S/C17H21ClO2/c1-2-19-16-8-6-15-13-17(9-7-14(15)12-16)20-11-5-3-4-10-18/h6-9,12-13H,2-5,10-11H2,1H3. The first-order chi connectivity index (χ1) is 9.83. The molecule has 0 unspecified atom stereocenters. The van der Waals surface area contributed by atoms with Crippen LogP contribution < -0.4 is 9.47 Å². The normalized spacial score (nSPS) is 10.7. The molecule has 0 radical (unpaired) electrons. The Kier molecular flexibility index (Phi) is 6.00. The van der Waals surface area contributed by atoms with Crippen molar-refractivity contribution in [3.63, 3.8) is 0 Å². The topological polar surface area (TPSA) is 18.5 Å². The smallest absolute Gasteiger partial charge is 0.119 e. The lowest BCUT2D eigenvalue weighted by molar-refractivity contribution is 0.307. The number of fused-ring (bicyclic) bond motifs is 1. The third-order valence-electron chi connectivity index (χ3n) is 3.14. The summed E-state index contributed by atoms with van der Waals surface area (Å²) in [4.78, 5) is 0. The van der Waals surface area contributed by atoms with Gasteiger partial charge in [-0.1, -0.05) is 12.1 Å². The van der Waals surface area contributed by atoms with Crippen LogP contribution in [0.3, 0.4) is 0 Å². The van der Waals surface area contributed by atoms with Crippen LogP contribution in [0.2, 0.25) is 0 Å². The fourth-order valence-corrected chi connectivity index (χ4v) is 2.30. The van der Waals surface area contributed by atoms with Crippen molar-refractivity contribution < 1.29 is 9.47 Å². The summed E-state index contributed by atoms with van der Waals surface area (Å²) in [7, 11) is 0. The van der Waals surface area contributed by atoms with E-state index in [9.17, 15) is 0 Å². The van der Waals surface area contributed by atoms with Crippen LogP contribution in [0.5, 0.6) is 11.5 Å². The second-order valence-electron chi connectivity index (χ2n) is 4.70. The monoisotopic (exact) mass is 292 g/mol. The van der Waals surface area contributed by atoms with E-state index in [-0.39, 0.29) is 0 Å². The molecule has 0 N–H and O–H groups in total. The van der Waals surface area contributed by atoms with E-state index < -0.39 is 0 Å². The quantitative estimate of drug-likeness (QED) is 0.502. The van der Waals surface area contributed by atoms with Crippen molar-refractivity contribution in [3.05, 3.63) is 36.4 Å². The maximum absolute atomic E-state index is 5.76. The van der Waals surface area contributed by atoms with Crippen LogP contribution in [0.25, 0.3) is 10.8 Å². The summed E-state index contributed by atoms with van der Waals surface area (Å²) in [6, 6.07) is 12.3. The van der Waals surface area contributed by atoms with Crippen molar-refractivity contribution in [1.29, 1.82) is 0 Å². The summed E-state index contributed by atoms with van der Waals surface area (Å²) in [6.07, 6.45) is 3.23. The Morgan fingerprint density at radius 2 is 1.50 bits per heavy atom. The number of rotatable bonds is 8. The number of hydrogen-bond acceptors (Lipinski definition) is 2. The van der Waals surface area contributed by atoms with Crippen LogP contribution in [0.1, 0.15) is 26.2 Å². The Balaban J connectivity index is 1.97. The number of alkyl halides is 1. The molecule has 2 rings (SSSR count). The van der Waals surface area contributed by atoms with Crippen molar-refractivity contribution in [3.8, 4) is 11.5 Å². The lowest BCUT2D eigenvalue weighted by atomic mass is 10.1. The highest BCUT2D eigenvalue weighted by Crippen LogP contribution is 2.25. The minimum atomic E-state index is 0.689. The van der Waals surface area contributed by atoms with Crippen molar-refractivity contribution in [2.45, 2.75) is 26.2 Å². The summed E-state index contributed by atoms with van der Waals surface area (Å²) in [5, 5.41) is 2.34. The van der Waals surface area contributed by atoms with Gasteiger partial charge in [0, 0.05) is 5.88 Å². The molecule has 0 spiro atoms. The third kappa shape index (κ3) is 4.31. The molecular formula is C17H21ClO2. The van der Waals surface area contributed by atoms with E-state index in [0.29, 0.717) is 6.61 Å². The minimum Gasteiger partial charge on any atom is -0.494 e. The van der Waals surface area contributed by atoms with Gasteiger partial charge in [0.25, 0.3) is 0 Å². The number of halogens is 1. The number of benzene rings is 2. The van der Waals surface area contributed by atoms with Crippen LogP contribution >= 0.6 is 11.6 Å². The molecule has 0 aromatic heterocycles. The zero-order chi connectivity index (χ0) is 14.2. The lowest BCUT2D eigenvalue weighted by Crippen LogP contribution is -1.97. The summed E-state index contributed by atoms with van der Waals surface area (Å²) in [5.74, 6) is 2.57. The first-order valence-corrected chi connectivity index (χ1v) is 7.72. The van der Waals surface area contributed by atoms with Crippen LogP contribution in [-0.2, 0) is 0 Å². The molecule has 3 heteroatoms. The second-order valence-corrected chi connectivity index (χ2v) is 5.08. The molecule has 0 amide bonds. The van der Waals surface area contributed by atoms with E-state index in [2.05, 4.69) is 24.3 Å². The van der Waals surface area contributed by atoms with Crippen LogP contribution in [0, 0.1) is 0 Å². The summed E-state index contributed by atoms with van der Waals surface area (Å²) in [5.41, 5.74) is 0. The third-order valence-corrected chi connectivity index (χ3v) is 3.41.